The van der Waals surface area contributed by atoms with Gasteiger partial charge in [0.2, 0.25) is 5.91 Å². The minimum absolute atomic E-state index is 0.0512. The fraction of sp³-hybridized carbons (Fsp3) is 0.429. The van der Waals surface area contributed by atoms with Gasteiger partial charge in [-0.15, -0.1) is 0 Å². The van der Waals surface area contributed by atoms with Crippen LogP contribution in [0.5, 0.6) is 5.75 Å². The largest absolute Gasteiger partial charge is 0.508 e. The minimum Gasteiger partial charge on any atom is -0.508 e. The molecule has 0 saturated heterocycles. The topological polar surface area (TPSA) is 83.6 Å². The Morgan fingerprint density at radius 1 is 1.21 bits per heavy atom. The number of nitrogens with two attached hydrogens (primary N) is 1. The highest BCUT2D eigenvalue weighted by Crippen LogP contribution is 2.25. The third-order valence-electron chi connectivity index (χ3n) is 3.47. The van der Waals surface area contributed by atoms with Crippen molar-refractivity contribution in [2.45, 2.75) is 31.7 Å². The van der Waals surface area contributed by atoms with E-state index >= 15 is 0 Å². The van der Waals surface area contributed by atoms with Crippen LogP contribution in [0.4, 0.5) is 0 Å². The van der Waals surface area contributed by atoms with Crippen molar-refractivity contribution in [2.75, 3.05) is 6.54 Å². The Bertz CT molecular complexity index is 464. The Kier molecular flexibility index (Phi) is 4.04. The molecule has 0 radical (unpaired) electrons. The number of phenolic OH excluding ortho intramolecular Hbond substituents is 1. The van der Waals surface area contributed by atoms with E-state index < -0.39 is 5.91 Å². The van der Waals surface area contributed by atoms with Gasteiger partial charge in [0.15, 0.2) is 0 Å². The van der Waals surface area contributed by atoms with Crippen LogP contribution in [0.2, 0.25) is 0 Å². The van der Waals surface area contributed by atoms with E-state index in [1.54, 1.807) is 17.0 Å². The molecule has 0 unspecified atom stereocenters. The molecular formula is C14H18N2O3. The van der Waals surface area contributed by atoms with Gasteiger partial charge in [0.05, 0.1) is 6.54 Å². The highest BCUT2D eigenvalue weighted by Gasteiger charge is 2.28. The molecule has 0 heterocycles. The summed E-state index contributed by atoms with van der Waals surface area (Å²) in [5.74, 6) is -0.594. The lowest BCUT2D eigenvalue weighted by Crippen LogP contribution is -2.44. The van der Waals surface area contributed by atoms with Crippen LogP contribution in [0, 0.1) is 0 Å². The van der Waals surface area contributed by atoms with Crippen LogP contribution in [0.1, 0.15) is 36.0 Å². The number of benzene rings is 1. The van der Waals surface area contributed by atoms with Crippen molar-refractivity contribution in [3.63, 3.8) is 0 Å². The summed E-state index contributed by atoms with van der Waals surface area (Å²) in [6, 6.07) is 6.13. The Morgan fingerprint density at radius 3 is 2.32 bits per heavy atom. The predicted molar refractivity (Wildman–Crippen MR) is 70.6 cm³/mol. The Labute approximate surface area is 112 Å². The lowest BCUT2D eigenvalue weighted by atomic mass is 10.1. The fourth-order valence-corrected chi connectivity index (χ4v) is 2.52. The first-order valence-corrected chi connectivity index (χ1v) is 6.46. The second-order valence-corrected chi connectivity index (χ2v) is 4.88. The molecule has 5 nitrogen and oxygen atoms in total. The van der Waals surface area contributed by atoms with Gasteiger partial charge in [0, 0.05) is 11.6 Å². The lowest BCUT2D eigenvalue weighted by molar-refractivity contribution is -0.119. The van der Waals surface area contributed by atoms with Crippen molar-refractivity contribution in [3.8, 4) is 5.75 Å². The summed E-state index contributed by atoms with van der Waals surface area (Å²) in [7, 11) is 0. The van der Waals surface area contributed by atoms with Crippen LogP contribution in [-0.2, 0) is 4.79 Å². The molecule has 0 spiro atoms. The summed E-state index contributed by atoms with van der Waals surface area (Å²) >= 11 is 0. The molecule has 2 rings (SSSR count). The van der Waals surface area contributed by atoms with Crippen molar-refractivity contribution < 1.29 is 14.7 Å². The normalized spacial score (nSPS) is 15.4. The van der Waals surface area contributed by atoms with Crippen LogP contribution >= 0.6 is 0 Å². The number of rotatable bonds is 4. The summed E-state index contributed by atoms with van der Waals surface area (Å²) in [5, 5.41) is 9.23. The van der Waals surface area contributed by atoms with Crippen molar-refractivity contribution in [1.82, 2.24) is 4.90 Å². The third kappa shape index (κ3) is 3.24. The lowest BCUT2D eigenvalue weighted by Gasteiger charge is -2.27. The zero-order valence-corrected chi connectivity index (χ0v) is 10.7. The predicted octanol–water partition coefficient (Wildman–Crippen LogP) is 1.26. The molecule has 0 aromatic heterocycles. The average Bonchev–Trinajstić information content (AvgIpc) is 2.89. The van der Waals surface area contributed by atoms with Gasteiger partial charge in [-0.05, 0) is 37.1 Å². The number of aromatic hydroxyl groups is 1. The van der Waals surface area contributed by atoms with Crippen LogP contribution in [0.15, 0.2) is 24.3 Å². The number of hydrogen-bond acceptors (Lipinski definition) is 3. The first-order valence-electron chi connectivity index (χ1n) is 6.46. The third-order valence-corrected chi connectivity index (χ3v) is 3.47. The highest BCUT2D eigenvalue weighted by molar-refractivity contribution is 5.96. The second-order valence-electron chi connectivity index (χ2n) is 4.88. The van der Waals surface area contributed by atoms with E-state index in [1.165, 1.54) is 12.1 Å². The molecule has 1 aliphatic rings. The SMILES string of the molecule is NC(=O)CN(C(=O)c1ccc(O)cc1)C1CCCC1. The molecular weight excluding hydrogens is 244 g/mol. The number of primary amides is 1. The highest BCUT2D eigenvalue weighted by atomic mass is 16.3. The molecule has 1 saturated carbocycles. The first-order chi connectivity index (χ1) is 9.08. The number of carbonyl (C=O) groups excluding carboxylic acids is 2. The van der Waals surface area contributed by atoms with Crippen LogP contribution in [0.3, 0.4) is 0 Å². The van der Waals surface area contributed by atoms with Gasteiger partial charge in [-0.25, -0.2) is 0 Å². The van der Waals surface area contributed by atoms with Crippen LogP contribution in [-0.4, -0.2) is 34.4 Å². The first kappa shape index (κ1) is 13.4. The average molecular weight is 262 g/mol. The molecule has 5 heteroatoms. The van der Waals surface area contributed by atoms with E-state index in [9.17, 15) is 14.7 Å². The molecule has 0 atom stereocenters. The van der Waals surface area contributed by atoms with Crippen molar-refractivity contribution >= 4 is 11.8 Å². The number of carbonyl (C=O) groups is 2. The van der Waals surface area contributed by atoms with Crippen LogP contribution < -0.4 is 5.73 Å². The summed E-state index contributed by atoms with van der Waals surface area (Å²) < 4.78 is 0. The Balaban J connectivity index is 2.18. The molecule has 0 bridgehead atoms. The van der Waals surface area contributed by atoms with E-state index in [-0.39, 0.29) is 24.2 Å². The van der Waals surface area contributed by atoms with Crippen LogP contribution in [0.25, 0.3) is 0 Å². The fourth-order valence-electron chi connectivity index (χ4n) is 2.52. The number of phenols is 1. The summed E-state index contributed by atoms with van der Waals surface area (Å²) in [5.41, 5.74) is 5.69. The van der Waals surface area contributed by atoms with E-state index in [4.69, 9.17) is 5.73 Å². The molecule has 3 N–H and O–H groups in total. The molecule has 102 valence electrons. The molecule has 1 aromatic rings. The van der Waals surface area contributed by atoms with E-state index in [1.807, 2.05) is 0 Å². The van der Waals surface area contributed by atoms with Gasteiger partial charge >= 0.3 is 0 Å². The molecule has 1 aromatic carbocycles. The van der Waals surface area contributed by atoms with Gasteiger partial charge in [-0.1, -0.05) is 12.8 Å². The summed E-state index contributed by atoms with van der Waals surface area (Å²) in [4.78, 5) is 25.1. The zero-order chi connectivity index (χ0) is 13.8. The smallest absolute Gasteiger partial charge is 0.254 e. The van der Waals surface area contributed by atoms with E-state index in [0.717, 1.165) is 25.7 Å². The second kappa shape index (κ2) is 5.73. The van der Waals surface area contributed by atoms with Crippen molar-refractivity contribution in [2.24, 2.45) is 5.73 Å². The molecule has 1 fully saturated rings. The van der Waals surface area contributed by atoms with Crippen molar-refractivity contribution in [3.05, 3.63) is 29.8 Å². The standard InChI is InChI=1S/C14H18N2O3/c15-13(18)9-16(11-3-1-2-4-11)14(19)10-5-7-12(17)8-6-10/h5-8,11,17H,1-4,9H2,(H2,15,18). The Hall–Kier alpha value is -2.04. The summed E-state index contributed by atoms with van der Waals surface area (Å²) in [6.45, 7) is -0.0512. The maximum absolute atomic E-state index is 12.4. The zero-order valence-electron chi connectivity index (χ0n) is 10.7. The molecule has 1 aliphatic carbocycles. The monoisotopic (exact) mass is 262 g/mol. The maximum Gasteiger partial charge on any atom is 0.254 e. The molecule has 0 aliphatic heterocycles. The number of hydrogen-bond donors (Lipinski definition) is 2. The van der Waals surface area contributed by atoms with Gasteiger partial charge in [-0.3, -0.25) is 9.59 Å². The van der Waals surface area contributed by atoms with Crippen molar-refractivity contribution in [1.29, 1.82) is 0 Å². The molecule has 19 heavy (non-hydrogen) atoms. The van der Waals surface area contributed by atoms with Gasteiger partial charge in [0.1, 0.15) is 5.75 Å². The van der Waals surface area contributed by atoms with E-state index in [0.29, 0.717) is 5.56 Å². The molecule has 2 amide bonds. The number of nitrogens with zero attached hydrogens (tertiary/aromatic N) is 1. The minimum atomic E-state index is -0.501. The van der Waals surface area contributed by atoms with E-state index in [2.05, 4.69) is 0 Å². The van der Waals surface area contributed by atoms with Gasteiger partial charge in [0.25, 0.3) is 5.91 Å². The quantitative estimate of drug-likeness (QED) is 0.856. The number of amides is 2. The van der Waals surface area contributed by atoms with Gasteiger partial charge < -0.3 is 15.7 Å². The summed E-state index contributed by atoms with van der Waals surface area (Å²) in [6.07, 6.45) is 3.97. The maximum atomic E-state index is 12.4. The Morgan fingerprint density at radius 2 is 1.79 bits per heavy atom. The van der Waals surface area contributed by atoms with Gasteiger partial charge in [-0.2, -0.15) is 0 Å².